The first-order valence-corrected chi connectivity index (χ1v) is 7.24. The standard InChI is InChI=1S/C10H19NO2S/c1-8(2)9-3-4-11(5-9)10-6-14(12,13)7-10/h8-10H,3-7H2,1-2H3/t9-/m1/s1. The number of rotatable bonds is 2. The van der Waals surface area contributed by atoms with Gasteiger partial charge in [0.2, 0.25) is 0 Å². The fraction of sp³-hybridized carbons (Fsp3) is 1.00. The summed E-state index contributed by atoms with van der Waals surface area (Å²) in [6.07, 6.45) is 1.24. The van der Waals surface area contributed by atoms with Crippen molar-refractivity contribution < 1.29 is 8.42 Å². The molecule has 0 bridgehead atoms. The van der Waals surface area contributed by atoms with Crippen LogP contribution in [0.3, 0.4) is 0 Å². The van der Waals surface area contributed by atoms with E-state index in [0.29, 0.717) is 17.5 Å². The Labute approximate surface area is 86.4 Å². The zero-order valence-corrected chi connectivity index (χ0v) is 9.76. The highest BCUT2D eigenvalue weighted by Gasteiger charge is 2.40. The smallest absolute Gasteiger partial charge is 0.153 e. The molecule has 2 saturated heterocycles. The molecular weight excluding hydrogens is 198 g/mol. The van der Waals surface area contributed by atoms with E-state index in [1.807, 2.05) is 0 Å². The molecule has 0 spiro atoms. The van der Waals surface area contributed by atoms with E-state index >= 15 is 0 Å². The number of hydrogen-bond acceptors (Lipinski definition) is 3. The first-order valence-electron chi connectivity index (χ1n) is 5.42. The molecule has 4 heteroatoms. The van der Waals surface area contributed by atoms with Crippen molar-refractivity contribution in [3.8, 4) is 0 Å². The number of sulfone groups is 1. The van der Waals surface area contributed by atoms with Gasteiger partial charge in [-0.3, -0.25) is 4.90 Å². The minimum atomic E-state index is -2.65. The second-order valence-electron chi connectivity index (χ2n) is 5.02. The highest BCUT2D eigenvalue weighted by atomic mass is 32.2. The monoisotopic (exact) mass is 217 g/mol. The Kier molecular flexibility index (Phi) is 2.60. The van der Waals surface area contributed by atoms with Gasteiger partial charge >= 0.3 is 0 Å². The lowest BCUT2D eigenvalue weighted by atomic mass is 9.95. The molecule has 0 aromatic heterocycles. The molecule has 0 aliphatic carbocycles. The number of hydrogen-bond donors (Lipinski definition) is 0. The summed E-state index contributed by atoms with van der Waals surface area (Å²) >= 11 is 0. The summed E-state index contributed by atoms with van der Waals surface area (Å²) in [6.45, 7) is 6.72. The molecule has 2 heterocycles. The third-order valence-electron chi connectivity index (χ3n) is 3.61. The van der Waals surface area contributed by atoms with E-state index in [-0.39, 0.29) is 0 Å². The van der Waals surface area contributed by atoms with E-state index in [2.05, 4.69) is 18.7 Å². The summed E-state index contributed by atoms with van der Waals surface area (Å²) in [5.74, 6) is 2.31. The highest BCUT2D eigenvalue weighted by molar-refractivity contribution is 7.92. The molecule has 0 aromatic rings. The Morgan fingerprint density at radius 2 is 1.93 bits per heavy atom. The largest absolute Gasteiger partial charge is 0.298 e. The van der Waals surface area contributed by atoms with Crippen molar-refractivity contribution in [3.05, 3.63) is 0 Å². The quantitative estimate of drug-likeness (QED) is 0.685. The van der Waals surface area contributed by atoms with Gasteiger partial charge in [-0.1, -0.05) is 13.8 Å². The van der Waals surface area contributed by atoms with Crippen LogP contribution in [0.5, 0.6) is 0 Å². The molecule has 1 atom stereocenters. The van der Waals surface area contributed by atoms with Crippen LogP contribution in [0.4, 0.5) is 0 Å². The van der Waals surface area contributed by atoms with Gasteiger partial charge < -0.3 is 0 Å². The molecule has 0 aromatic carbocycles. The van der Waals surface area contributed by atoms with Crippen LogP contribution in [-0.4, -0.2) is 44.0 Å². The summed E-state index contributed by atoms with van der Waals surface area (Å²) < 4.78 is 22.1. The normalized spacial score (nSPS) is 33.5. The molecule has 0 saturated carbocycles. The summed E-state index contributed by atoms with van der Waals surface area (Å²) in [6, 6.07) is 0.337. The van der Waals surface area contributed by atoms with E-state index in [0.717, 1.165) is 24.9 Å². The van der Waals surface area contributed by atoms with Gasteiger partial charge in [-0.25, -0.2) is 8.42 Å². The zero-order chi connectivity index (χ0) is 10.3. The van der Waals surface area contributed by atoms with Crippen molar-refractivity contribution in [1.82, 2.24) is 4.90 Å². The van der Waals surface area contributed by atoms with Crippen LogP contribution in [-0.2, 0) is 9.84 Å². The zero-order valence-electron chi connectivity index (χ0n) is 8.94. The lowest BCUT2D eigenvalue weighted by Gasteiger charge is -2.34. The lowest BCUT2D eigenvalue weighted by Crippen LogP contribution is -2.52. The second-order valence-corrected chi connectivity index (χ2v) is 7.17. The molecule has 0 radical (unpaired) electrons. The molecule has 0 amide bonds. The van der Waals surface area contributed by atoms with Crippen LogP contribution >= 0.6 is 0 Å². The predicted octanol–water partition coefficient (Wildman–Crippen LogP) is 0.761. The van der Waals surface area contributed by atoms with Gasteiger partial charge in [0, 0.05) is 12.6 Å². The van der Waals surface area contributed by atoms with E-state index in [4.69, 9.17) is 0 Å². The van der Waals surface area contributed by atoms with Gasteiger partial charge in [-0.2, -0.15) is 0 Å². The fourth-order valence-electron chi connectivity index (χ4n) is 2.44. The number of nitrogens with zero attached hydrogens (tertiary/aromatic N) is 1. The van der Waals surface area contributed by atoms with Crippen LogP contribution < -0.4 is 0 Å². The van der Waals surface area contributed by atoms with Crippen LogP contribution in [0, 0.1) is 11.8 Å². The maximum absolute atomic E-state index is 11.0. The average molecular weight is 217 g/mol. The molecule has 82 valence electrons. The fourth-order valence-corrected chi connectivity index (χ4v) is 3.94. The Hall–Kier alpha value is -0.0900. The van der Waals surface area contributed by atoms with Gasteiger partial charge in [0.25, 0.3) is 0 Å². The number of likely N-dealkylation sites (tertiary alicyclic amines) is 1. The molecule has 0 N–H and O–H groups in total. The third kappa shape index (κ3) is 1.96. The lowest BCUT2D eigenvalue weighted by molar-refractivity contribution is 0.244. The Morgan fingerprint density at radius 3 is 2.36 bits per heavy atom. The summed E-state index contributed by atoms with van der Waals surface area (Å²) in [5.41, 5.74) is 0. The first-order chi connectivity index (χ1) is 6.48. The molecule has 2 aliphatic rings. The maximum atomic E-state index is 11.0. The summed E-state index contributed by atoms with van der Waals surface area (Å²) in [7, 11) is -2.65. The molecule has 2 fully saturated rings. The van der Waals surface area contributed by atoms with E-state index in [1.165, 1.54) is 6.42 Å². The van der Waals surface area contributed by atoms with Gasteiger partial charge in [0.05, 0.1) is 11.5 Å². The average Bonchev–Trinajstić information content (AvgIpc) is 2.47. The van der Waals surface area contributed by atoms with E-state index in [1.54, 1.807) is 0 Å². The molecule has 3 nitrogen and oxygen atoms in total. The van der Waals surface area contributed by atoms with Crippen molar-refractivity contribution in [2.45, 2.75) is 26.3 Å². The first kappa shape index (κ1) is 10.4. The van der Waals surface area contributed by atoms with Crippen LogP contribution in [0.1, 0.15) is 20.3 Å². The van der Waals surface area contributed by atoms with Gasteiger partial charge in [-0.05, 0) is 24.8 Å². The van der Waals surface area contributed by atoms with Crippen LogP contribution in [0.25, 0.3) is 0 Å². The summed E-state index contributed by atoms with van der Waals surface area (Å²) in [5, 5.41) is 0. The van der Waals surface area contributed by atoms with E-state index in [9.17, 15) is 8.42 Å². The molecule has 14 heavy (non-hydrogen) atoms. The van der Waals surface area contributed by atoms with Gasteiger partial charge in [0.1, 0.15) is 0 Å². The molecule has 2 rings (SSSR count). The maximum Gasteiger partial charge on any atom is 0.153 e. The third-order valence-corrected chi connectivity index (χ3v) is 5.39. The molecule has 2 aliphatic heterocycles. The highest BCUT2D eigenvalue weighted by Crippen LogP contribution is 2.28. The van der Waals surface area contributed by atoms with Gasteiger partial charge in [0.15, 0.2) is 9.84 Å². The van der Waals surface area contributed by atoms with Crippen molar-refractivity contribution in [2.75, 3.05) is 24.6 Å². The van der Waals surface area contributed by atoms with Crippen molar-refractivity contribution in [1.29, 1.82) is 0 Å². The minimum absolute atomic E-state index is 0.337. The topological polar surface area (TPSA) is 37.4 Å². The van der Waals surface area contributed by atoms with Crippen molar-refractivity contribution in [3.63, 3.8) is 0 Å². The van der Waals surface area contributed by atoms with E-state index < -0.39 is 9.84 Å². The summed E-state index contributed by atoms with van der Waals surface area (Å²) in [4.78, 5) is 2.37. The van der Waals surface area contributed by atoms with Crippen LogP contribution in [0.15, 0.2) is 0 Å². The predicted molar refractivity (Wildman–Crippen MR) is 57.0 cm³/mol. The van der Waals surface area contributed by atoms with Crippen LogP contribution in [0.2, 0.25) is 0 Å². The Balaban J connectivity index is 1.86. The molecule has 0 unspecified atom stereocenters. The van der Waals surface area contributed by atoms with Gasteiger partial charge in [-0.15, -0.1) is 0 Å². The molecular formula is C10H19NO2S. The van der Waals surface area contributed by atoms with Crippen molar-refractivity contribution in [2.24, 2.45) is 11.8 Å². The SMILES string of the molecule is CC(C)[C@@H]1CCN(C2CS(=O)(=O)C2)C1. The second kappa shape index (κ2) is 3.49. The Morgan fingerprint density at radius 1 is 1.29 bits per heavy atom. The van der Waals surface area contributed by atoms with Crippen molar-refractivity contribution >= 4 is 9.84 Å². The Bertz CT molecular complexity index is 298. The minimum Gasteiger partial charge on any atom is -0.298 e.